The van der Waals surface area contributed by atoms with E-state index in [0.717, 1.165) is 6.54 Å². The molecule has 0 bridgehead atoms. The first-order valence-electron chi connectivity index (χ1n) is 3.39. The van der Waals surface area contributed by atoms with Gasteiger partial charge in [0.2, 0.25) is 0 Å². The van der Waals surface area contributed by atoms with Gasteiger partial charge < -0.3 is 4.57 Å². The third-order valence-corrected chi connectivity index (χ3v) is 2.46. The van der Waals surface area contributed by atoms with Crippen molar-refractivity contribution >= 4 is 7.92 Å². The Morgan fingerprint density at radius 3 is 2.80 bits per heavy atom. The lowest BCUT2D eigenvalue weighted by Gasteiger charge is -2.04. The number of imidazole rings is 1. The summed E-state index contributed by atoms with van der Waals surface area (Å²) in [5.74, 6) is 0. The van der Waals surface area contributed by atoms with Crippen molar-refractivity contribution in [3.63, 3.8) is 0 Å². The first-order valence-corrected chi connectivity index (χ1v) is 5.81. The maximum absolute atomic E-state index is 3.97. The van der Waals surface area contributed by atoms with Crippen molar-refractivity contribution in [3.8, 4) is 0 Å². The smallest absolute Gasteiger partial charge is 0.0946 e. The van der Waals surface area contributed by atoms with Crippen LogP contribution in [0.15, 0.2) is 18.7 Å². The second-order valence-electron chi connectivity index (χ2n) is 2.60. The summed E-state index contributed by atoms with van der Waals surface area (Å²) in [5, 5.41) is 0. The van der Waals surface area contributed by atoms with Gasteiger partial charge in [-0.2, -0.15) is 0 Å². The fourth-order valence-electron chi connectivity index (χ4n) is 0.734. The number of hydrogen-bond donors (Lipinski definition) is 0. The molecule has 1 heterocycles. The van der Waals surface area contributed by atoms with Gasteiger partial charge in [0.05, 0.1) is 6.33 Å². The minimum absolute atomic E-state index is 0.246. The molecule has 0 saturated heterocycles. The van der Waals surface area contributed by atoms with Crippen molar-refractivity contribution in [3.05, 3.63) is 18.7 Å². The Labute approximate surface area is 63.0 Å². The van der Waals surface area contributed by atoms with Crippen LogP contribution in [0.4, 0.5) is 0 Å². The number of nitrogens with zero attached hydrogens (tertiary/aromatic N) is 2. The van der Waals surface area contributed by atoms with Crippen LogP contribution in [0.3, 0.4) is 0 Å². The fourth-order valence-corrected chi connectivity index (χ4v) is 1.37. The molecule has 1 aromatic heterocycles. The van der Waals surface area contributed by atoms with Crippen molar-refractivity contribution in [2.45, 2.75) is 6.54 Å². The molecule has 0 N–H and O–H groups in total. The molecule has 0 saturated carbocycles. The predicted molar refractivity (Wildman–Crippen MR) is 45.9 cm³/mol. The topological polar surface area (TPSA) is 17.8 Å². The van der Waals surface area contributed by atoms with Gasteiger partial charge in [-0.1, -0.05) is 0 Å². The maximum Gasteiger partial charge on any atom is 0.0946 e. The highest BCUT2D eigenvalue weighted by atomic mass is 31.1. The minimum atomic E-state index is 0.246. The molecule has 0 atom stereocenters. The molecule has 1 aromatic rings. The summed E-state index contributed by atoms with van der Waals surface area (Å²) in [7, 11) is 0.246. The molecule has 0 spiro atoms. The molecular formula is C7H13N2P. The Morgan fingerprint density at radius 2 is 2.30 bits per heavy atom. The van der Waals surface area contributed by atoms with Gasteiger partial charge in [0.15, 0.2) is 0 Å². The molecule has 56 valence electrons. The molecule has 10 heavy (non-hydrogen) atoms. The van der Waals surface area contributed by atoms with E-state index in [1.807, 2.05) is 18.7 Å². The van der Waals surface area contributed by atoms with Gasteiger partial charge in [-0.25, -0.2) is 4.98 Å². The monoisotopic (exact) mass is 156 g/mol. The lowest BCUT2D eigenvalue weighted by atomic mass is 10.7. The molecule has 0 aliphatic heterocycles. The molecule has 2 nitrogen and oxygen atoms in total. The highest BCUT2D eigenvalue weighted by Crippen LogP contribution is 2.23. The van der Waals surface area contributed by atoms with Gasteiger partial charge in [0.25, 0.3) is 0 Å². The van der Waals surface area contributed by atoms with Crippen molar-refractivity contribution in [2.75, 3.05) is 19.5 Å². The lowest BCUT2D eigenvalue weighted by Crippen LogP contribution is -1.97. The summed E-state index contributed by atoms with van der Waals surface area (Å²) < 4.78 is 2.13. The summed E-state index contributed by atoms with van der Waals surface area (Å²) in [6.07, 6.45) is 7.01. The minimum Gasteiger partial charge on any atom is -0.337 e. The normalized spacial score (nSPS) is 10.7. The van der Waals surface area contributed by atoms with Crippen molar-refractivity contribution in [1.82, 2.24) is 9.55 Å². The first kappa shape index (κ1) is 7.74. The average Bonchev–Trinajstić information content (AvgIpc) is 2.34. The van der Waals surface area contributed by atoms with E-state index >= 15 is 0 Å². The Balaban J connectivity index is 2.28. The summed E-state index contributed by atoms with van der Waals surface area (Å²) in [6, 6.07) is 0. The van der Waals surface area contributed by atoms with E-state index in [2.05, 4.69) is 22.9 Å². The van der Waals surface area contributed by atoms with Gasteiger partial charge in [0, 0.05) is 18.9 Å². The van der Waals surface area contributed by atoms with Crippen LogP contribution in [0.2, 0.25) is 0 Å². The van der Waals surface area contributed by atoms with E-state index in [0.29, 0.717) is 0 Å². The van der Waals surface area contributed by atoms with Crippen molar-refractivity contribution < 1.29 is 0 Å². The predicted octanol–water partition coefficient (Wildman–Crippen LogP) is 1.62. The Kier molecular flexibility index (Phi) is 2.88. The summed E-state index contributed by atoms with van der Waals surface area (Å²) in [6.45, 7) is 5.72. The van der Waals surface area contributed by atoms with Gasteiger partial charge in [-0.05, 0) is 19.5 Å². The van der Waals surface area contributed by atoms with E-state index in [9.17, 15) is 0 Å². The maximum atomic E-state index is 3.97. The standard InChI is InChI=1S/C7H13N2P/c1-10(2)6-5-9-4-3-8-7-9/h3-4,7H,5-6H2,1-2H3. The zero-order valence-corrected chi connectivity index (χ0v) is 7.38. The molecule has 3 heteroatoms. The Bertz CT molecular complexity index is 170. The van der Waals surface area contributed by atoms with Crippen LogP contribution in [0, 0.1) is 0 Å². The Hall–Kier alpha value is -0.360. The fraction of sp³-hybridized carbons (Fsp3) is 0.571. The van der Waals surface area contributed by atoms with Crippen LogP contribution in [-0.2, 0) is 6.54 Å². The molecule has 0 amide bonds. The van der Waals surface area contributed by atoms with Crippen LogP contribution in [0.25, 0.3) is 0 Å². The molecule has 0 unspecified atom stereocenters. The van der Waals surface area contributed by atoms with Gasteiger partial charge >= 0.3 is 0 Å². The highest BCUT2D eigenvalue weighted by molar-refractivity contribution is 7.55. The second-order valence-corrected chi connectivity index (χ2v) is 5.21. The third kappa shape index (κ3) is 2.49. The zero-order valence-electron chi connectivity index (χ0n) is 6.49. The third-order valence-electron chi connectivity index (χ3n) is 1.36. The summed E-state index contributed by atoms with van der Waals surface area (Å²) in [5.41, 5.74) is 0. The number of rotatable bonds is 3. The van der Waals surface area contributed by atoms with Gasteiger partial charge in [-0.3, -0.25) is 0 Å². The van der Waals surface area contributed by atoms with Crippen LogP contribution < -0.4 is 0 Å². The van der Waals surface area contributed by atoms with E-state index in [1.54, 1.807) is 0 Å². The van der Waals surface area contributed by atoms with Crippen LogP contribution in [-0.4, -0.2) is 29.0 Å². The Morgan fingerprint density at radius 1 is 1.50 bits per heavy atom. The second kappa shape index (κ2) is 3.72. The summed E-state index contributed by atoms with van der Waals surface area (Å²) in [4.78, 5) is 3.97. The molecule has 0 aliphatic carbocycles. The van der Waals surface area contributed by atoms with Crippen molar-refractivity contribution in [1.29, 1.82) is 0 Å². The largest absolute Gasteiger partial charge is 0.337 e. The summed E-state index contributed by atoms with van der Waals surface area (Å²) >= 11 is 0. The quantitative estimate of drug-likeness (QED) is 0.608. The first-order chi connectivity index (χ1) is 4.79. The molecule has 0 fully saturated rings. The molecular weight excluding hydrogens is 143 g/mol. The van der Waals surface area contributed by atoms with Gasteiger partial charge in [-0.15, -0.1) is 7.92 Å². The van der Waals surface area contributed by atoms with Crippen molar-refractivity contribution in [2.24, 2.45) is 0 Å². The van der Waals surface area contributed by atoms with Crippen LogP contribution in [0.1, 0.15) is 0 Å². The number of aryl methyl sites for hydroxylation is 1. The molecule has 0 aliphatic rings. The van der Waals surface area contributed by atoms with E-state index < -0.39 is 0 Å². The van der Waals surface area contributed by atoms with Crippen LogP contribution >= 0.6 is 7.92 Å². The molecule has 1 rings (SSSR count). The van der Waals surface area contributed by atoms with Crippen LogP contribution in [0.5, 0.6) is 0 Å². The van der Waals surface area contributed by atoms with Gasteiger partial charge in [0.1, 0.15) is 0 Å². The van der Waals surface area contributed by atoms with E-state index in [-0.39, 0.29) is 7.92 Å². The average molecular weight is 156 g/mol. The number of aromatic nitrogens is 2. The van der Waals surface area contributed by atoms with E-state index in [4.69, 9.17) is 0 Å². The zero-order chi connectivity index (χ0) is 7.40. The molecule has 0 aromatic carbocycles. The molecule has 0 radical (unpaired) electrons. The lowest BCUT2D eigenvalue weighted by molar-refractivity contribution is 0.767. The highest BCUT2D eigenvalue weighted by Gasteiger charge is 1.92. The van der Waals surface area contributed by atoms with E-state index in [1.165, 1.54) is 6.16 Å². The SMILES string of the molecule is CP(C)CCn1ccnc1. The number of hydrogen-bond acceptors (Lipinski definition) is 1.